The van der Waals surface area contributed by atoms with Crippen LogP contribution in [-0.2, 0) is 26.5 Å². The standard InChI is InChI=1S/C20H28N4O5S2.2ClH/c1-16-4-3-5-17(21-16)10-11-23-12-13-24(15-19(25)14-23)31(28,29)20-8-6-18(7-9-20)22-30(2,26)27;;/h3-9,19,22,25H,10-15H2,1-2H3;2*1H. The fourth-order valence-electron chi connectivity index (χ4n) is 3.52. The number of nitrogens with zero attached hydrogens (tertiary/aromatic N) is 3. The van der Waals surface area contributed by atoms with Crippen molar-refractivity contribution in [1.82, 2.24) is 14.2 Å². The lowest BCUT2D eigenvalue weighted by molar-refractivity contribution is 0.123. The van der Waals surface area contributed by atoms with Crippen LogP contribution in [0.4, 0.5) is 5.69 Å². The molecular formula is C20H30Cl2N4O5S2. The van der Waals surface area contributed by atoms with E-state index in [1.807, 2.05) is 30.0 Å². The molecule has 1 atom stereocenters. The molecule has 186 valence electrons. The molecule has 1 unspecified atom stereocenters. The molecule has 13 heteroatoms. The zero-order valence-corrected chi connectivity index (χ0v) is 21.7. The molecule has 0 bridgehead atoms. The topological polar surface area (TPSA) is 120 Å². The number of aliphatic hydroxyl groups is 1. The Balaban J connectivity index is 0.00000272. The lowest BCUT2D eigenvalue weighted by atomic mass is 10.2. The van der Waals surface area contributed by atoms with E-state index in [9.17, 15) is 21.9 Å². The van der Waals surface area contributed by atoms with Crippen LogP contribution in [0.3, 0.4) is 0 Å². The molecule has 1 aromatic carbocycles. The van der Waals surface area contributed by atoms with Crippen molar-refractivity contribution in [2.45, 2.75) is 24.3 Å². The number of anilines is 1. The largest absolute Gasteiger partial charge is 0.390 e. The molecule has 2 aromatic rings. The van der Waals surface area contributed by atoms with Gasteiger partial charge in [-0.1, -0.05) is 6.07 Å². The third kappa shape index (κ3) is 8.67. The van der Waals surface area contributed by atoms with Gasteiger partial charge in [0, 0.05) is 56.2 Å². The summed E-state index contributed by atoms with van der Waals surface area (Å²) in [6, 6.07) is 11.4. The minimum absolute atomic E-state index is 0. The number of sulfonamides is 2. The molecule has 9 nitrogen and oxygen atoms in total. The van der Waals surface area contributed by atoms with E-state index >= 15 is 0 Å². The van der Waals surface area contributed by atoms with Gasteiger partial charge in [-0.15, -0.1) is 24.8 Å². The number of aromatic nitrogens is 1. The second kappa shape index (κ2) is 12.3. The van der Waals surface area contributed by atoms with E-state index in [1.165, 1.54) is 28.6 Å². The Morgan fingerprint density at radius 3 is 2.30 bits per heavy atom. The maximum atomic E-state index is 13.1. The van der Waals surface area contributed by atoms with E-state index in [2.05, 4.69) is 9.71 Å². The van der Waals surface area contributed by atoms with Gasteiger partial charge in [0.2, 0.25) is 20.0 Å². The Kier molecular flexibility index (Phi) is 11.0. The monoisotopic (exact) mass is 540 g/mol. The second-order valence-electron chi connectivity index (χ2n) is 7.74. The highest BCUT2D eigenvalue weighted by Gasteiger charge is 2.30. The molecule has 0 saturated carbocycles. The minimum Gasteiger partial charge on any atom is -0.390 e. The van der Waals surface area contributed by atoms with Gasteiger partial charge in [0.1, 0.15) is 0 Å². The van der Waals surface area contributed by atoms with Crippen LogP contribution in [0.15, 0.2) is 47.4 Å². The number of aryl methyl sites for hydroxylation is 1. The maximum absolute atomic E-state index is 13.1. The van der Waals surface area contributed by atoms with Gasteiger partial charge in [-0.25, -0.2) is 16.8 Å². The average molecular weight is 542 g/mol. The van der Waals surface area contributed by atoms with Gasteiger partial charge in [-0.2, -0.15) is 4.31 Å². The first-order valence-electron chi connectivity index (χ1n) is 9.94. The molecule has 2 N–H and O–H groups in total. The van der Waals surface area contributed by atoms with Crippen molar-refractivity contribution >= 4 is 50.5 Å². The Labute approximate surface area is 208 Å². The summed E-state index contributed by atoms with van der Waals surface area (Å²) in [7, 11) is -7.26. The highest BCUT2D eigenvalue weighted by atomic mass is 35.5. The summed E-state index contributed by atoms with van der Waals surface area (Å²) in [4.78, 5) is 6.58. The van der Waals surface area contributed by atoms with Crippen LogP contribution in [0.1, 0.15) is 11.4 Å². The van der Waals surface area contributed by atoms with Crippen LogP contribution in [0.25, 0.3) is 0 Å². The number of pyridine rings is 1. The molecule has 3 rings (SSSR count). The van der Waals surface area contributed by atoms with Crippen LogP contribution in [0, 0.1) is 6.92 Å². The predicted molar refractivity (Wildman–Crippen MR) is 133 cm³/mol. The minimum atomic E-state index is -3.82. The number of rotatable bonds is 7. The van der Waals surface area contributed by atoms with Crippen molar-refractivity contribution in [3.63, 3.8) is 0 Å². The van der Waals surface area contributed by atoms with Gasteiger partial charge in [-0.3, -0.25) is 14.6 Å². The molecule has 0 amide bonds. The Morgan fingerprint density at radius 1 is 1.03 bits per heavy atom. The summed E-state index contributed by atoms with van der Waals surface area (Å²) < 4.78 is 52.3. The SMILES string of the molecule is Cc1cccc(CCN2CCN(S(=O)(=O)c3ccc(NS(C)(=O)=O)cc3)CC(O)C2)n1.Cl.Cl. The molecule has 2 heterocycles. The first-order chi connectivity index (χ1) is 14.5. The zero-order chi connectivity index (χ0) is 22.6. The lowest BCUT2D eigenvalue weighted by Crippen LogP contribution is -2.37. The molecule has 0 aliphatic carbocycles. The van der Waals surface area contributed by atoms with E-state index in [4.69, 9.17) is 0 Å². The Morgan fingerprint density at radius 2 is 1.70 bits per heavy atom. The summed E-state index contributed by atoms with van der Waals surface area (Å²) >= 11 is 0. The summed E-state index contributed by atoms with van der Waals surface area (Å²) in [5.41, 5.74) is 2.20. The third-order valence-electron chi connectivity index (χ3n) is 4.97. The zero-order valence-electron chi connectivity index (χ0n) is 18.4. The smallest absolute Gasteiger partial charge is 0.243 e. The molecular weight excluding hydrogens is 511 g/mol. The van der Waals surface area contributed by atoms with Crippen molar-refractivity contribution in [2.24, 2.45) is 0 Å². The summed E-state index contributed by atoms with van der Waals surface area (Å²) in [5, 5.41) is 10.4. The number of benzene rings is 1. The first kappa shape index (κ1) is 29.6. The third-order valence-corrected chi connectivity index (χ3v) is 7.46. The lowest BCUT2D eigenvalue weighted by Gasteiger charge is -2.21. The number of halogens is 2. The number of hydrogen-bond acceptors (Lipinski definition) is 7. The van der Waals surface area contributed by atoms with Crippen molar-refractivity contribution in [3.8, 4) is 0 Å². The van der Waals surface area contributed by atoms with E-state index in [0.717, 1.165) is 24.1 Å². The molecule has 0 spiro atoms. The van der Waals surface area contributed by atoms with E-state index in [1.54, 1.807) is 0 Å². The maximum Gasteiger partial charge on any atom is 0.243 e. The first-order valence-corrected chi connectivity index (χ1v) is 13.3. The summed E-state index contributed by atoms with van der Waals surface area (Å²) in [6.45, 7) is 3.75. The van der Waals surface area contributed by atoms with E-state index in [0.29, 0.717) is 19.6 Å². The fourth-order valence-corrected chi connectivity index (χ4v) is 5.55. The van der Waals surface area contributed by atoms with Gasteiger partial charge < -0.3 is 5.11 Å². The quantitative estimate of drug-likeness (QED) is 0.546. The van der Waals surface area contributed by atoms with Gasteiger partial charge in [-0.05, 0) is 43.3 Å². The average Bonchev–Trinajstić information content (AvgIpc) is 2.87. The van der Waals surface area contributed by atoms with E-state index in [-0.39, 0.29) is 48.5 Å². The van der Waals surface area contributed by atoms with Crippen LogP contribution < -0.4 is 4.72 Å². The van der Waals surface area contributed by atoms with Crippen molar-refractivity contribution in [1.29, 1.82) is 0 Å². The molecule has 1 fully saturated rings. The molecule has 0 radical (unpaired) electrons. The summed E-state index contributed by atoms with van der Waals surface area (Å²) in [5.74, 6) is 0. The van der Waals surface area contributed by atoms with Crippen molar-refractivity contribution in [3.05, 3.63) is 53.9 Å². The van der Waals surface area contributed by atoms with Gasteiger partial charge in [0.25, 0.3) is 0 Å². The van der Waals surface area contributed by atoms with Crippen LogP contribution in [-0.4, -0.2) is 81.2 Å². The molecule has 1 aliphatic rings. The highest BCUT2D eigenvalue weighted by Crippen LogP contribution is 2.20. The fraction of sp³-hybridized carbons (Fsp3) is 0.450. The number of nitrogens with one attached hydrogen (secondary N) is 1. The predicted octanol–water partition coefficient (Wildman–Crippen LogP) is 1.52. The second-order valence-corrected chi connectivity index (χ2v) is 11.4. The summed E-state index contributed by atoms with van der Waals surface area (Å²) in [6.07, 6.45) is 0.932. The van der Waals surface area contributed by atoms with Crippen LogP contribution in [0.2, 0.25) is 0 Å². The van der Waals surface area contributed by atoms with Crippen LogP contribution in [0.5, 0.6) is 0 Å². The highest BCUT2D eigenvalue weighted by molar-refractivity contribution is 7.92. The van der Waals surface area contributed by atoms with E-state index < -0.39 is 26.2 Å². The van der Waals surface area contributed by atoms with Gasteiger partial charge in [0.15, 0.2) is 0 Å². The van der Waals surface area contributed by atoms with Gasteiger partial charge >= 0.3 is 0 Å². The Bertz CT molecular complexity index is 1120. The van der Waals surface area contributed by atoms with Crippen molar-refractivity contribution < 1.29 is 21.9 Å². The molecule has 1 aliphatic heterocycles. The molecule has 1 saturated heterocycles. The van der Waals surface area contributed by atoms with Crippen LogP contribution >= 0.6 is 24.8 Å². The number of β-amino-alcohol motifs (C(OH)–C–C–N with tert-alkyl or cyclic N) is 1. The normalized spacial score (nSPS) is 18.0. The number of hydrogen-bond donors (Lipinski definition) is 2. The molecule has 33 heavy (non-hydrogen) atoms. The van der Waals surface area contributed by atoms with Crippen molar-refractivity contribution in [2.75, 3.05) is 43.7 Å². The van der Waals surface area contributed by atoms with Gasteiger partial charge in [0.05, 0.1) is 17.3 Å². The Hall–Kier alpha value is -1.47. The number of aliphatic hydroxyl groups excluding tert-OH is 1. The molecule has 1 aromatic heterocycles.